The molecule has 3 aromatic carbocycles. The summed E-state index contributed by atoms with van der Waals surface area (Å²) in [6.45, 7) is 17.0. The fourth-order valence-corrected chi connectivity index (χ4v) is 7.12. The Bertz CT molecular complexity index is 1210. The van der Waals surface area contributed by atoms with Crippen LogP contribution in [0.2, 0.25) is 0 Å². The molecule has 0 bridgehead atoms. The predicted molar refractivity (Wildman–Crippen MR) is 158 cm³/mol. The quantitative estimate of drug-likeness (QED) is 0.152. The van der Waals surface area contributed by atoms with Crippen molar-refractivity contribution < 1.29 is 28.6 Å². The van der Waals surface area contributed by atoms with E-state index in [0.29, 0.717) is 36.5 Å². The van der Waals surface area contributed by atoms with E-state index in [-0.39, 0.29) is 17.9 Å². The first-order valence-electron chi connectivity index (χ1n) is 13.6. The summed E-state index contributed by atoms with van der Waals surface area (Å²) < 4.78 is 16.9. The minimum Gasteiger partial charge on any atom is -0.426 e. The minimum atomic E-state index is -0.566. The second-order valence-electron chi connectivity index (χ2n) is 9.95. The molecular formula is C33H39O6S+. The van der Waals surface area contributed by atoms with E-state index < -0.39 is 10.9 Å². The van der Waals surface area contributed by atoms with Crippen molar-refractivity contribution in [2.75, 3.05) is 0 Å². The van der Waals surface area contributed by atoms with Gasteiger partial charge in [0.15, 0.2) is 14.7 Å². The summed E-state index contributed by atoms with van der Waals surface area (Å²) in [4.78, 5) is 39.4. The lowest BCUT2D eigenvalue weighted by Gasteiger charge is -2.17. The molecule has 7 heteroatoms. The third-order valence-electron chi connectivity index (χ3n) is 6.52. The van der Waals surface area contributed by atoms with Gasteiger partial charge in [0.1, 0.15) is 17.2 Å². The third-order valence-corrected chi connectivity index (χ3v) is 8.64. The fraction of sp³-hybridized carbons (Fsp3) is 0.364. The molecule has 0 heterocycles. The topological polar surface area (TPSA) is 78.9 Å². The molecule has 0 saturated heterocycles. The Morgan fingerprint density at radius 3 is 0.850 bits per heavy atom. The normalized spacial score (nSPS) is 10.9. The van der Waals surface area contributed by atoms with Gasteiger partial charge >= 0.3 is 17.9 Å². The molecule has 0 spiro atoms. The molecule has 0 aliphatic rings. The second kappa shape index (κ2) is 13.2. The molecule has 0 fully saturated rings. The lowest BCUT2D eigenvalue weighted by atomic mass is 10.1. The van der Waals surface area contributed by atoms with Crippen molar-refractivity contribution in [3.8, 4) is 17.2 Å². The van der Waals surface area contributed by atoms with Gasteiger partial charge in [-0.1, -0.05) is 20.8 Å². The lowest BCUT2D eigenvalue weighted by Crippen LogP contribution is -2.13. The standard InChI is InChI=1S/C33H39O6S/c1-10-28(34)37-31-19(4)13-25(14-20(31)5)40(26-15-21(6)32(22(7)16-26)38-29(35)11-2)27-17-23(8)33(24(9)18-27)39-30(36)12-3/h13-18H,10-12H2,1-9H3/q+1. The van der Waals surface area contributed by atoms with Crippen LogP contribution < -0.4 is 14.2 Å². The van der Waals surface area contributed by atoms with Gasteiger partial charge in [-0.05, 0) is 74.9 Å². The maximum absolute atomic E-state index is 12.1. The fourth-order valence-electron chi connectivity index (χ4n) is 4.53. The van der Waals surface area contributed by atoms with Crippen molar-refractivity contribution in [3.63, 3.8) is 0 Å². The van der Waals surface area contributed by atoms with Crippen LogP contribution >= 0.6 is 0 Å². The summed E-state index contributed by atoms with van der Waals surface area (Å²) in [5.74, 6) is 0.937. The van der Waals surface area contributed by atoms with E-state index in [0.717, 1.165) is 48.1 Å². The second-order valence-corrected chi connectivity index (χ2v) is 12.0. The zero-order valence-electron chi connectivity index (χ0n) is 24.9. The van der Waals surface area contributed by atoms with Crippen LogP contribution in [0, 0.1) is 41.5 Å². The Hall–Kier alpha value is -3.58. The highest BCUT2D eigenvalue weighted by Crippen LogP contribution is 2.40. The van der Waals surface area contributed by atoms with E-state index in [9.17, 15) is 14.4 Å². The number of carbonyl (C=O) groups excluding carboxylic acids is 3. The van der Waals surface area contributed by atoms with Crippen LogP contribution in [-0.4, -0.2) is 17.9 Å². The van der Waals surface area contributed by atoms with Crippen LogP contribution in [0.1, 0.15) is 73.4 Å². The summed E-state index contributed by atoms with van der Waals surface area (Å²) >= 11 is 0. The van der Waals surface area contributed by atoms with Crippen molar-refractivity contribution in [1.29, 1.82) is 0 Å². The number of hydrogen-bond donors (Lipinski definition) is 0. The number of carbonyl (C=O) groups is 3. The van der Waals surface area contributed by atoms with Crippen molar-refractivity contribution in [2.45, 2.75) is 96.3 Å². The Labute approximate surface area is 240 Å². The number of esters is 3. The van der Waals surface area contributed by atoms with Crippen molar-refractivity contribution in [1.82, 2.24) is 0 Å². The molecule has 40 heavy (non-hydrogen) atoms. The number of rotatable bonds is 9. The smallest absolute Gasteiger partial charge is 0.310 e. The van der Waals surface area contributed by atoms with E-state index in [2.05, 4.69) is 36.4 Å². The molecule has 0 aliphatic carbocycles. The summed E-state index contributed by atoms with van der Waals surface area (Å²) in [5.41, 5.74) is 5.24. The van der Waals surface area contributed by atoms with E-state index in [4.69, 9.17) is 14.2 Å². The Morgan fingerprint density at radius 2 is 0.675 bits per heavy atom. The molecule has 0 aromatic heterocycles. The maximum Gasteiger partial charge on any atom is 0.310 e. The van der Waals surface area contributed by atoms with Crippen LogP contribution in [0.15, 0.2) is 51.1 Å². The van der Waals surface area contributed by atoms with Crippen LogP contribution in [0.5, 0.6) is 17.2 Å². The zero-order valence-corrected chi connectivity index (χ0v) is 25.8. The van der Waals surface area contributed by atoms with Crippen molar-refractivity contribution >= 4 is 28.8 Å². The summed E-state index contributed by atoms with van der Waals surface area (Å²) in [5, 5.41) is 0. The van der Waals surface area contributed by atoms with Gasteiger partial charge in [0, 0.05) is 55.7 Å². The molecule has 3 aromatic rings. The van der Waals surface area contributed by atoms with E-state index >= 15 is 0 Å². The van der Waals surface area contributed by atoms with Gasteiger partial charge in [0.2, 0.25) is 0 Å². The Balaban J connectivity index is 2.24. The molecule has 0 amide bonds. The zero-order chi connectivity index (χ0) is 29.7. The van der Waals surface area contributed by atoms with Gasteiger partial charge in [-0.3, -0.25) is 14.4 Å². The monoisotopic (exact) mass is 563 g/mol. The SMILES string of the molecule is CCC(=O)Oc1c(C)cc([S+](c2cc(C)c(OC(=O)CC)c(C)c2)c2cc(C)c(OC(=O)CC)c(C)c2)cc1C. The lowest BCUT2D eigenvalue weighted by molar-refractivity contribution is -0.135. The van der Waals surface area contributed by atoms with Crippen LogP contribution in [0.4, 0.5) is 0 Å². The molecule has 3 rings (SSSR count). The Kier molecular flexibility index (Phi) is 10.2. The van der Waals surface area contributed by atoms with Gasteiger partial charge in [-0.25, -0.2) is 0 Å². The molecule has 0 aliphatic heterocycles. The van der Waals surface area contributed by atoms with E-state index in [1.807, 2.05) is 41.5 Å². The minimum absolute atomic E-state index is 0.273. The first-order valence-corrected chi connectivity index (χ1v) is 14.8. The highest BCUT2D eigenvalue weighted by molar-refractivity contribution is 7.97. The molecule has 0 radical (unpaired) electrons. The van der Waals surface area contributed by atoms with Crippen molar-refractivity contribution in [3.05, 3.63) is 69.8 Å². The van der Waals surface area contributed by atoms with Crippen LogP contribution in [-0.2, 0) is 25.3 Å². The van der Waals surface area contributed by atoms with Crippen LogP contribution in [0.25, 0.3) is 0 Å². The average molecular weight is 564 g/mol. The number of benzene rings is 3. The molecule has 0 unspecified atom stereocenters. The van der Waals surface area contributed by atoms with Gasteiger partial charge in [-0.2, -0.15) is 0 Å². The van der Waals surface area contributed by atoms with Gasteiger partial charge in [0.05, 0.1) is 10.9 Å². The summed E-state index contributed by atoms with van der Waals surface area (Å²) in [7, 11) is -0.566. The van der Waals surface area contributed by atoms with Gasteiger partial charge in [-0.15, -0.1) is 0 Å². The molecule has 6 nitrogen and oxygen atoms in total. The van der Waals surface area contributed by atoms with Crippen LogP contribution in [0.3, 0.4) is 0 Å². The molecule has 212 valence electrons. The Morgan fingerprint density at radius 1 is 0.475 bits per heavy atom. The van der Waals surface area contributed by atoms with E-state index in [1.165, 1.54) is 0 Å². The first-order chi connectivity index (χ1) is 18.9. The molecular weight excluding hydrogens is 524 g/mol. The largest absolute Gasteiger partial charge is 0.426 e. The molecule has 0 atom stereocenters. The summed E-state index contributed by atoms with van der Waals surface area (Å²) in [6, 6.07) is 12.4. The van der Waals surface area contributed by atoms with Gasteiger partial charge < -0.3 is 14.2 Å². The molecule has 0 saturated carbocycles. The number of hydrogen-bond acceptors (Lipinski definition) is 6. The highest BCUT2D eigenvalue weighted by atomic mass is 32.2. The highest BCUT2D eigenvalue weighted by Gasteiger charge is 2.33. The number of ether oxygens (including phenoxy) is 3. The molecule has 0 N–H and O–H groups in total. The maximum atomic E-state index is 12.1. The van der Waals surface area contributed by atoms with E-state index in [1.54, 1.807) is 20.8 Å². The van der Waals surface area contributed by atoms with Gasteiger partial charge in [0.25, 0.3) is 0 Å². The predicted octanol–water partition coefficient (Wildman–Crippen LogP) is 7.58. The third kappa shape index (κ3) is 6.94. The van der Waals surface area contributed by atoms with Crippen molar-refractivity contribution in [2.24, 2.45) is 0 Å². The first kappa shape index (κ1) is 31.0. The average Bonchev–Trinajstić information content (AvgIpc) is 2.90. The summed E-state index contributed by atoms with van der Waals surface area (Å²) in [6.07, 6.45) is 0.893. The number of aryl methyl sites for hydroxylation is 6.